The Morgan fingerprint density at radius 1 is 1.27 bits per heavy atom. The molecular formula is C17H14N2O2S. The third kappa shape index (κ3) is 3.02. The Balaban J connectivity index is 1.61. The van der Waals surface area contributed by atoms with Gasteiger partial charge in [-0.3, -0.25) is 4.79 Å². The second kappa shape index (κ2) is 6.46. The van der Waals surface area contributed by atoms with Gasteiger partial charge in [0.1, 0.15) is 5.75 Å². The number of nitriles is 1. The van der Waals surface area contributed by atoms with E-state index < -0.39 is 0 Å². The van der Waals surface area contributed by atoms with Crippen LogP contribution >= 0.6 is 11.3 Å². The van der Waals surface area contributed by atoms with Crippen LogP contribution in [0.1, 0.15) is 12.0 Å². The Hall–Kier alpha value is -2.58. The highest BCUT2D eigenvalue weighted by molar-refractivity contribution is 7.17. The maximum atomic E-state index is 11.7. The van der Waals surface area contributed by atoms with E-state index in [4.69, 9.17) is 10.00 Å². The minimum Gasteiger partial charge on any atom is -0.493 e. The minimum absolute atomic E-state index is 0.0748. The minimum atomic E-state index is 0.0748. The fourth-order valence-electron chi connectivity index (χ4n) is 2.30. The predicted octanol–water partition coefficient (Wildman–Crippen LogP) is 3.40. The molecular weight excluding hydrogens is 296 g/mol. The van der Waals surface area contributed by atoms with Gasteiger partial charge in [-0.15, -0.1) is 11.3 Å². The molecule has 1 aromatic carbocycles. The Bertz CT molecular complexity index is 889. The van der Waals surface area contributed by atoms with Crippen LogP contribution in [-0.4, -0.2) is 11.2 Å². The topological polar surface area (TPSA) is 55.0 Å². The van der Waals surface area contributed by atoms with Gasteiger partial charge in [0.25, 0.3) is 0 Å². The van der Waals surface area contributed by atoms with Crippen molar-refractivity contribution in [3.05, 3.63) is 63.8 Å². The van der Waals surface area contributed by atoms with E-state index in [0.717, 1.165) is 23.2 Å². The standard InChI is InChI=1S/C17H14N2O2S/c18-12-13-3-1-4-14(11-13)21-9-2-7-19-8-5-16(20)17-15(19)6-10-22-17/h1,3-6,8,10-11H,2,7,9H2. The van der Waals surface area contributed by atoms with Crippen LogP contribution in [-0.2, 0) is 6.54 Å². The van der Waals surface area contributed by atoms with Gasteiger partial charge in [0.05, 0.1) is 28.5 Å². The molecule has 4 nitrogen and oxygen atoms in total. The molecule has 0 atom stereocenters. The molecule has 0 saturated heterocycles. The van der Waals surface area contributed by atoms with E-state index in [-0.39, 0.29) is 5.43 Å². The van der Waals surface area contributed by atoms with Gasteiger partial charge in [-0.2, -0.15) is 5.26 Å². The lowest BCUT2D eigenvalue weighted by atomic mass is 10.2. The molecule has 0 aliphatic heterocycles. The monoisotopic (exact) mass is 310 g/mol. The summed E-state index contributed by atoms with van der Waals surface area (Å²) in [5, 5.41) is 10.8. The Morgan fingerprint density at radius 3 is 3.05 bits per heavy atom. The number of aryl methyl sites for hydroxylation is 1. The number of hydrogen-bond acceptors (Lipinski definition) is 4. The van der Waals surface area contributed by atoms with E-state index in [9.17, 15) is 4.79 Å². The highest BCUT2D eigenvalue weighted by atomic mass is 32.1. The van der Waals surface area contributed by atoms with Crippen molar-refractivity contribution in [3.8, 4) is 11.8 Å². The summed E-state index contributed by atoms with van der Waals surface area (Å²) in [5.74, 6) is 0.708. The summed E-state index contributed by atoms with van der Waals surface area (Å²) in [6, 6.07) is 12.8. The Morgan fingerprint density at radius 2 is 2.18 bits per heavy atom. The first-order chi connectivity index (χ1) is 10.8. The number of fused-ring (bicyclic) bond motifs is 1. The van der Waals surface area contributed by atoms with Gasteiger partial charge in [-0.25, -0.2) is 0 Å². The van der Waals surface area contributed by atoms with Gasteiger partial charge in [-0.1, -0.05) is 6.07 Å². The van der Waals surface area contributed by atoms with Crippen molar-refractivity contribution >= 4 is 21.6 Å². The van der Waals surface area contributed by atoms with Crippen LogP contribution in [0.2, 0.25) is 0 Å². The molecule has 2 heterocycles. The predicted molar refractivity (Wildman–Crippen MR) is 87.4 cm³/mol. The molecule has 0 bridgehead atoms. The van der Waals surface area contributed by atoms with Crippen LogP contribution < -0.4 is 10.2 Å². The molecule has 0 spiro atoms. The molecule has 22 heavy (non-hydrogen) atoms. The molecule has 0 aliphatic carbocycles. The summed E-state index contributed by atoms with van der Waals surface area (Å²) >= 11 is 1.47. The Kier molecular flexibility index (Phi) is 4.22. The SMILES string of the molecule is N#Cc1cccc(OCCCn2ccc(=O)c3sccc32)c1. The number of benzene rings is 1. The van der Waals surface area contributed by atoms with E-state index >= 15 is 0 Å². The zero-order valence-corrected chi connectivity index (χ0v) is 12.7. The molecule has 0 aliphatic rings. The van der Waals surface area contributed by atoms with Crippen molar-refractivity contribution in [2.75, 3.05) is 6.61 Å². The average molecular weight is 310 g/mol. The molecule has 0 fully saturated rings. The van der Waals surface area contributed by atoms with Crippen LogP contribution in [0, 0.1) is 11.3 Å². The maximum Gasteiger partial charge on any atom is 0.199 e. The first-order valence-electron chi connectivity index (χ1n) is 6.97. The van der Waals surface area contributed by atoms with E-state index in [1.807, 2.05) is 29.8 Å². The van der Waals surface area contributed by atoms with Crippen molar-refractivity contribution in [2.24, 2.45) is 0 Å². The van der Waals surface area contributed by atoms with Gasteiger partial charge in [-0.05, 0) is 36.1 Å². The molecule has 5 heteroatoms. The third-order valence-electron chi connectivity index (χ3n) is 3.36. The summed E-state index contributed by atoms with van der Waals surface area (Å²) in [4.78, 5) is 11.7. The largest absolute Gasteiger partial charge is 0.493 e. The molecule has 0 N–H and O–H groups in total. The summed E-state index contributed by atoms with van der Waals surface area (Å²) in [7, 11) is 0. The highest BCUT2D eigenvalue weighted by Crippen LogP contribution is 2.17. The summed E-state index contributed by atoms with van der Waals surface area (Å²) in [6.45, 7) is 1.35. The molecule has 0 radical (unpaired) electrons. The average Bonchev–Trinajstić information content (AvgIpc) is 3.04. The zero-order valence-electron chi connectivity index (χ0n) is 11.9. The molecule has 2 aromatic heterocycles. The van der Waals surface area contributed by atoms with Crippen molar-refractivity contribution in [1.82, 2.24) is 4.57 Å². The van der Waals surface area contributed by atoms with Crippen LogP contribution in [0.5, 0.6) is 5.75 Å². The van der Waals surface area contributed by atoms with Gasteiger partial charge in [0, 0.05) is 18.8 Å². The van der Waals surface area contributed by atoms with Gasteiger partial charge < -0.3 is 9.30 Å². The van der Waals surface area contributed by atoms with Crippen molar-refractivity contribution in [1.29, 1.82) is 5.26 Å². The fraction of sp³-hybridized carbons (Fsp3) is 0.176. The number of hydrogen-bond donors (Lipinski definition) is 0. The molecule has 3 aromatic rings. The second-order valence-electron chi connectivity index (χ2n) is 4.85. The summed E-state index contributed by atoms with van der Waals surface area (Å²) < 4.78 is 8.53. The summed E-state index contributed by atoms with van der Waals surface area (Å²) in [6.07, 6.45) is 2.65. The van der Waals surface area contributed by atoms with Crippen molar-refractivity contribution in [3.63, 3.8) is 0 Å². The van der Waals surface area contributed by atoms with E-state index in [2.05, 4.69) is 10.6 Å². The molecule has 3 rings (SSSR count). The van der Waals surface area contributed by atoms with Crippen LogP contribution in [0.4, 0.5) is 0 Å². The lowest BCUT2D eigenvalue weighted by Crippen LogP contribution is -2.08. The fourth-order valence-corrected chi connectivity index (χ4v) is 3.13. The quantitative estimate of drug-likeness (QED) is 0.679. The highest BCUT2D eigenvalue weighted by Gasteiger charge is 2.04. The first-order valence-corrected chi connectivity index (χ1v) is 7.85. The molecule has 0 saturated carbocycles. The van der Waals surface area contributed by atoms with E-state index in [1.54, 1.807) is 18.2 Å². The van der Waals surface area contributed by atoms with Gasteiger partial charge >= 0.3 is 0 Å². The molecule has 0 unspecified atom stereocenters. The van der Waals surface area contributed by atoms with Crippen LogP contribution in [0.3, 0.4) is 0 Å². The normalized spacial score (nSPS) is 10.5. The number of aromatic nitrogens is 1. The third-order valence-corrected chi connectivity index (χ3v) is 4.28. The summed E-state index contributed by atoms with van der Waals surface area (Å²) in [5.41, 5.74) is 1.65. The molecule has 0 amide bonds. The van der Waals surface area contributed by atoms with Crippen molar-refractivity contribution in [2.45, 2.75) is 13.0 Å². The lowest BCUT2D eigenvalue weighted by molar-refractivity contribution is 0.302. The second-order valence-corrected chi connectivity index (χ2v) is 5.77. The zero-order chi connectivity index (χ0) is 15.4. The van der Waals surface area contributed by atoms with E-state index in [0.29, 0.717) is 17.9 Å². The number of rotatable bonds is 5. The van der Waals surface area contributed by atoms with Crippen LogP contribution in [0.15, 0.2) is 52.8 Å². The van der Waals surface area contributed by atoms with Crippen LogP contribution in [0.25, 0.3) is 10.2 Å². The van der Waals surface area contributed by atoms with Gasteiger partial charge in [0.2, 0.25) is 0 Å². The smallest absolute Gasteiger partial charge is 0.199 e. The molecule has 110 valence electrons. The number of nitrogens with zero attached hydrogens (tertiary/aromatic N) is 2. The van der Waals surface area contributed by atoms with Crippen molar-refractivity contribution < 1.29 is 4.74 Å². The maximum absolute atomic E-state index is 11.7. The number of pyridine rings is 1. The van der Waals surface area contributed by atoms with E-state index in [1.165, 1.54) is 11.3 Å². The van der Waals surface area contributed by atoms with Gasteiger partial charge in [0.15, 0.2) is 5.43 Å². The Labute approximate surface area is 131 Å². The lowest BCUT2D eigenvalue weighted by Gasteiger charge is -2.09. The first kappa shape index (κ1) is 14.4. The number of thiophene rings is 1. The number of ether oxygens (including phenoxy) is 1.